The fourth-order valence-corrected chi connectivity index (χ4v) is 2.23. The van der Waals surface area contributed by atoms with E-state index in [9.17, 15) is 4.79 Å². The molecule has 0 aliphatic heterocycles. The molecule has 5 nitrogen and oxygen atoms in total. The highest BCUT2D eigenvalue weighted by Gasteiger charge is 2.05. The molecular weight excluding hydrogens is 276 g/mol. The number of rotatable bonds is 6. The van der Waals surface area contributed by atoms with Crippen LogP contribution in [-0.2, 0) is 4.79 Å². The molecule has 1 aromatic heterocycles. The summed E-state index contributed by atoms with van der Waals surface area (Å²) in [6.07, 6.45) is 0.282. The maximum absolute atomic E-state index is 11.7. The molecule has 20 heavy (non-hydrogen) atoms. The van der Waals surface area contributed by atoms with Crippen LogP contribution in [0.25, 0.3) is 0 Å². The first kappa shape index (κ1) is 14.3. The molecule has 0 spiro atoms. The van der Waals surface area contributed by atoms with Crippen molar-refractivity contribution in [3.8, 4) is 11.5 Å². The van der Waals surface area contributed by atoms with Gasteiger partial charge in [-0.2, -0.15) is 0 Å². The first-order valence-electron chi connectivity index (χ1n) is 6.16. The Labute approximate surface area is 121 Å². The third kappa shape index (κ3) is 4.24. The van der Waals surface area contributed by atoms with Gasteiger partial charge in [0.2, 0.25) is 5.91 Å². The first-order chi connectivity index (χ1) is 9.67. The number of carbonyl (C=O) groups excluding carboxylic acids is 1. The van der Waals surface area contributed by atoms with Gasteiger partial charge in [-0.15, -0.1) is 11.3 Å². The van der Waals surface area contributed by atoms with Crippen LogP contribution in [0.4, 0.5) is 5.13 Å². The normalized spacial score (nSPS) is 10.1. The van der Waals surface area contributed by atoms with Gasteiger partial charge in [0, 0.05) is 5.38 Å². The zero-order valence-corrected chi connectivity index (χ0v) is 12.2. The molecule has 6 heteroatoms. The molecule has 0 bridgehead atoms. The smallest absolute Gasteiger partial charge is 0.229 e. The Bertz CT molecular complexity index is 566. The molecule has 0 saturated heterocycles. The summed E-state index contributed by atoms with van der Waals surface area (Å²) < 4.78 is 10.5. The summed E-state index contributed by atoms with van der Waals surface area (Å²) in [5.74, 6) is 1.38. The van der Waals surface area contributed by atoms with Gasteiger partial charge in [0.1, 0.15) is 11.5 Å². The molecule has 0 radical (unpaired) electrons. The van der Waals surface area contributed by atoms with Crippen molar-refractivity contribution in [3.63, 3.8) is 0 Å². The molecule has 1 aromatic carbocycles. The monoisotopic (exact) mass is 292 g/mol. The minimum atomic E-state index is -0.104. The number of hydrogen-bond acceptors (Lipinski definition) is 5. The Balaban J connectivity index is 1.73. The number of methoxy groups -OCH3 is 1. The van der Waals surface area contributed by atoms with E-state index in [-0.39, 0.29) is 12.3 Å². The summed E-state index contributed by atoms with van der Waals surface area (Å²) in [6, 6.07) is 7.24. The summed E-state index contributed by atoms with van der Waals surface area (Å²) in [7, 11) is 1.61. The SMILES string of the molecule is COc1ccc(OCCC(=O)Nc2nc(C)cs2)cc1. The Kier molecular flexibility index (Phi) is 4.95. The molecule has 1 heterocycles. The number of carbonyl (C=O) groups is 1. The van der Waals surface area contributed by atoms with Crippen LogP contribution in [0.15, 0.2) is 29.6 Å². The Morgan fingerprint density at radius 1 is 1.30 bits per heavy atom. The zero-order chi connectivity index (χ0) is 14.4. The second-order valence-corrected chi connectivity index (χ2v) is 4.97. The van der Waals surface area contributed by atoms with Crippen molar-refractivity contribution >= 4 is 22.4 Å². The Hall–Kier alpha value is -2.08. The predicted octanol–water partition coefficient (Wildman–Crippen LogP) is 2.87. The first-order valence-corrected chi connectivity index (χ1v) is 7.04. The molecule has 0 aliphatic rings. The zero-order valence-electron chi connectivity index (χ0n) is 11.4. The standard InChI is InChI=1S/C14H16N2O3S/c1-10-9-20-14(15-10)16-13(17)7-8-19-12-5-3-11(18-2)4-6-12/h3-6,9H,7-8H2,1-2H3,(H,15,16,17). The van der Waals surface area contributed by atoms with E-state index in [1.54, 1.807) is 19.2 Å². The molecule has 1 amide bonds. The average Bonchev–Trinajstić information content (AvgIpc) is 2.85. The van der Waals surface area contributed by atoms with Crippen molar-refractivity contribution < 1.29 is 14.3 Å². The molecule has 0 saturated carbocycles. The van der Waals surface area contributed by atoms with Crippen LogP contribution in [0, 0.1) is 6.92 Å². The van der Waals surface area contributed by atoms with Gasteiger partial charge in [0.15, 0.2) is 5.13 Å². The molecule has 0 fully saturated rings. The predicted molar refractivity (Wildman–Crippen MR) is 78.6 cm³/mol. The number of hydrogen-bond donors (Lipinski definition) is 1. The number of amides is 1. The molecule has 0 aliphatic carbocycles. The van der Waals surface area contributed by atoms with E-state index in [4.69, 9.17) is 9.47 Å². The topological polar surface area (TPSA) is 60.5 Å². The van der Waals surface area contributed by atoms with Gasteiger partial charge in [-0.25, -0.2) is 4.98 Å². The van der Waals surface area contributed by atoms with Crippen molar-refractivity contribution in [1.82, 2.24) is 4.98 Å². The van der Waals surface area contributed by atoms with Gasteiger partial charge >= 0.3 is 0 Å². The van der Waals surface area contributed by atoms with Crippen LogP contribution in [0.5, 0.6) is 11.5 Å². The van der Waals surface area contributed by atoms with Crippen LogP contribution in [0.1, 0.15) is 12.1 Å². The van der Waals surface area contributed by atoms with E-state index in [1.165, 1.54) is 11.3 Å². The van der Waals surface area contributed by atoms with E-state index in [0.29, 0.717) is 17.5 Å². The van der Waals surface area contributed by atoms with E-state index >= 15 is 0 Å². The third-order valence-electron chi connectivity index (χ3n) is 2.52. The van der Waals surface area contributed by atoms with Gasteiger partial charge in [-0.1, -0.05) is 0 Å². The molecule has 2 rings (SSSR count). The second kappa shape index (κ2) is 6.91. The van der Waals surface area contributed by atoms with Gasteiger partial charge < -0.3 is 14.8 Å². The minimum Gasteiger partial charge on any atom is -0.497 e. The van der Waals surface area contributed by atoms with Gasteiger partial charge in [-0.3, -0.25) is 4.79 Å². The van der Waals surface area contributed by atoms with Gasteiger partial charge in [0.05, 0.1) is 25.8 Å². The maximum Gasteiger partial charge on any atom is 0.229 e. The lowest BCUT2D eigenvalue weighted by Gasteiger charge is -2.06. The number of nitrogens with one attached hydrogen (secondary N) is 1. The lowest BCUT2D eigenvalue weighted by atomic mass is 10.3. The highest BCUT2D eigenvalue weighted by atomic mass is 32.1. The van der Waals surface area contributed by atoms with Crippen molar-refractivity contribution in [2.75, 3.05) is 19.0 Å². The van der Waals surface area contributed by atoms with E-state index < -0.39 is 0 Å². The summed E-state index contributed by atoms with van der Waals surface area (Å²) in [5.41, 5.74) is 0.903. The lowest BCUT2D eigenvalue weighted by Crippen LogP contribution is -2.15. The number of ether oxygens (including phenoxy) is 2. The quantitative estimate of drug-likeness (QED) is 0.889. The molecule has 0 unspecified atom stereocenters. The Morgan fingerprint density at radius 3 is 2.60 bits per heavy atom. The van der Waals surface area contributed by atoms with Crippen LogP contribution in [0.2, 0.25) is 0 Å². The van der Waals surface area contributed by atoms with Crippen LogP contribution < -0.4 is 14.8 Å². The number of aromatic nitrogens is 1. The molecule has 1 N–H and O–H groups in total. The highest BCUT2D eigenvalue weighted by Crippen LogP contribution is 2.17. The number of anilines is 1. The van der Waals surface area contributed by atoms with Crippen molar-refractivity contribution in [1.29, 1.82) is 0 Å². The highest BCUT2D eigenvalue weighted by molar-refractivity contribution is 7.13. The summed E-state index contributed by atoms with van der Waals surface area (Å²) >= 11 is 1.41. The third-order valence-corrected chi connectivity index (χ3v) is 3.40. The number of benzene rings is 1. The second-order valence-electron chi connectivity index (χ2n) is 4.12. The van der Waals surface area contributed by atoms with E-state index in [0.717, 1.165) is 11.4 Å². The summed E-state index contributed by atoms with van der Waals surface area (Å²) in [4.78, 5) is 15.8. The lowest BCUT2D eigenvalue weighted by molar-refractivity contribution is -0.116. The van der Waals surface area contributed by atoms with Crippen LogP contribution in [-0.4, -0.2) is 24.6 Å². The number of aryl methyl sites for hydroxylation is 1. The van der Waals surface area contributed by atoms with Crippen LogP contribution >= 0.6 is 11.3 Å². The van der Waals surface area contributed by atoms with Gasteiger partial charge in [-0.05, 0) is 31.2 Å². The Morgan fingerprint density at radius 2 is 2.00 bits per heavy atom. The number of nitrogens with zero attached hydrogens (tertiary/aromatic N) is 1. The van der Waals surface area contributed by atoms with Crippen molar-refractivity contribution in [2.24, 2.45) is 0 Å². The minimum absolute atomic E-state index is 0.104. The van der Waals surface area contributed by atoms with E-state index in [1.807, 2.05) is 24.4 Å². The molecule has 106 valence electrons. The maximum atomic E-state index is 11.7. The van der Waals surface area contributed by atoms with Gasteiger partial charge in [0.25, 0.3) is 0 Å². The fraction of sp³-hybridized carbons (Fsp3) is 0.286. The van der Waals surface area contributed by atoms with Crippen molar-refractivity contribution in [2.45, 2.75) is 13.3 Å². The summed E-state index contributed by atoms with van der Waals surface area (Å²) in [6.45, 7) is 2.21. The molecule has 0 atom stereocenters. The average molecular weight is 292 g/mol. The van der Waals surface area contributed by atoms with Crippen molar-refractivity contribution in [3.05, 3.63) is 35.3 Å². The van der Waals surface area contributed by atoms with E-state index in [2.05, 4.69) is 10.3 Å². The number of thiazole rings is 1. The van der Waals surface area contributed by atoms with Crippen LogP contribution in [0.3, 0.4) is 0 Å². The summed E-state index contributed by atoms with van der Waals surface area (Å²) in [5, 5.41) is 5.25. The molecule has 2 aromatic rings. The molecular formula is C14H16N2O3S. The fourth-order valence-electron chi connectivity index (χ4n) is 1.53. The largest absolute Gasteiger partial charge is 0.497 e.